The number of carbonyl (C=O) groups is 1. The maximum Gasteiger partial charge on any atom is 0.261 e. The number of methoxy groups -OCH3 is 1. The molecule has 0 heterocycles. The van der Waals surface area contributed by atoms with Gasteiger partial charge in [0.1, 0.15) is 0 Å². The highest BCUT2D eigenvalue weighted by atomic mass is 35.5. The van der Waals surface area contributed by atoms with Crippen molar-refractivity contribution in [3.63, 3.8) is 0 Å². The van der Waals surface area contributed by atoms with E-state index in [4.69, 9.17) is 16.3 Å². The fraction of sp³-hybridized carbons (Fsp3) is 0.136. The normalized spacial score (nSPS) is 11.2. The first kappa shape index (κ1) is 21.8. The Morgan fingerprint density at radius 2 is 1.73 bits per heavy atom. The molecular weight excluding hydrogens is 424 g/mol. The largest absolute Gasteiger partial charge is 0.380 e. The van der Waals surface area contributed by atoms with Crippen LogP contribution in [0, 0.1) is 6.92 Å². The smallest absolute Gasteiger partial charge is 0.261 e. The Bertz CT molecular complexity index is 1160. The summed E-state index contributed by atoms with van der Waals surface area (Å²) in [6.07, 6.45) is 0. The van der Waals surface area contributed by atoms with Crippen LogP contribution in [-0.4, -0.2) is 21.4 Å². The van der Waals surface area contributed by atoms with Crippen LogP contribution in [0.5, 0.6) is 0 Å². The number of hydrogen-bond donors (Lipinski definition) is 2. The Morgan fingerprint density at radius 1 is 1.00 bits per heavy atom. The van der Waals surface area contributed by atoms with Gasteiger partial charge in [-0.3, -0.25) is 9.52 Å². The fourth-order valence-corrected chi connectivity index (χ4v) is 4.11. The number of ether oxygens (including phenoxy) is 1. The third-order valence-electron chi connectivity index (χ3n) is 4.29. The molecule has 30 heavy (non-hydrogen) atoms. The number of anilines is 2. The maximum atomic E-state index is 12.6. The predicted molar refractivity (Wildman–Crippen MR) is 119 cm³/mol. The van der Waals surface area contributed by atoms with Gasteiger partial charge in [-0.2, -0.15) is 0 Å². The van der Waals surface area contributed by atoms with Crippen LogP contribution >= 0.6 is 11.6 Å². The summed E-state index contributed by atoms with van der Waals surface area (Å²) in [5, 5.41) is 2.91. The minimum Gasteiger partial charge on any atom is -0.380 e. The van der Waals surface area contributed by atoms with Gasteiger partial charge in [0.15, 0.2) is 0 Å². The van der Waals surface area contributed by atoms with Crippen LogP contribution in [0.15, 0.2) is 71.6 Å². The number of carbonyl (C=O) groups excluding carboxylic acids is 1. The zero-order chi connectivity index (χ0) is 21.7. The summed E-state index contributed by atoms with van der Waals surface area (Å²) in [7, 11) is -2.16. The van der Waals surface area contributed by atoms with E-state index in [2.05, 4.69) is 10.0 Å². The Hall–Kier alpha value is -2.87. The molecule has 0 bridgehead atoms. The molecule has 0 saturated heterocycles. The standard InChI is InChI=1S/C22H21ClN2O4S/c1-15-6-9-19(10-7-15)30(27,28)25-18-8-11-20(21(23)13-18)22(26)24-17-5-3-4-16(12-17)14-29-2/h3-13,25H,14H2,1-2H3,(H,24,26). The highest BCUT2D eigenvalue weighted by molar-refractivity contribution is 7.92. The Balaban J connectivity index is 1.75. The monoisotopic (exact) mass is 444 g/mol. The highest BCUT2D eigenvalue weighted by Gasteiger charge is 2.16. The first-order valence-electron chi connectivity index (χ1n) is 9.07. The van der Waals surface area contributed by atoms with E-state index in [0.717, 1.165) is 11.1 Å². The van der Waals surface area contributed by atoms with E-state index >= 15 is 0 Å². The minimum absolute atomic E-state index is 0.129. The van der Waals surface area contributed by atoms with Crippen molar-refractivity contribution in [2.24, 2.45) is 0 Å². The lowest BCUT2D eigenvalue weighted by Gasteiger charge is -2.11. The van der Waals surface area contributed by atoms with Crippen molar-refractivity contribution in [1.82, 2.24) is 0 Å². The van der Waals surface area contributed by atoms with E-state index in [1.165, 1.54) is 30.3 Å². The van der Waals surface area contributed by atoms with Crippen molar-refractivity contribution in [3.05, 3.63) is 88.4 Å². The van der Waals surface area contributed by atoms with Crippen LogP contribution < -0.4 is 10.0 Å². The molecule has 0 aromatic heterocycles. The van der Waals surface area contributed by atoms with E-state index in [1.807, 2.05) is 19.1 Å². The van der Waals surface area contributed by atoms with Crippen LogP contribution in [0.2, 0.25) is 5.02 Å². The van der Waals surface area contributed by atoms with Crippen LogP contribution in [0.4, 0.5) is 11.4 Å². The lowest BCUT2D eigenvalue weighted by atomic mass is 10.1. The molecule has 156 valence electrons. The fourth-order valence-electron chi connectivity index (χ4n) is 2.80. The molecule has 0 unspecified atom stereocenters. The van der Waals surface area contributed by atoms with Gasteiger partial charge in [-0.25, -0.2) is 8.42 Å². The summed E-state index contributed by atoms with van der Waals surface area (Å²) >= 11 is 6.25. The number of halogens is 1. The Labute approximate surface area is 180 Å². The SMILES string of the molecule is COCc1cccc(NC(=O)c2ccc(NS(=O)(=O)c3ccc(C)cc3)cc2Cl)c1. The van der Waals surface area contributed by atoms with Crippen molar-refractivity contribution in [3.8, 4) is 0 Å². The van der Waals surface area contributed by atoms with Gasteiger partial charge in [-0.15, -0.1) is 0 Å². The van der Waals surface area contributed by atoms with Crippen molar-refractivity contribution in [2.75, 3.05) is 17.1 Å². The summed E-state index contributed by atoms with van der Waals surface area (Å²) in [6.45, 7) is 2.31. The van der Waals surface area contributed by atoms with Crippen molar-refractivity contribution in [1.29, 1.82) is 0 Å². The molecule has 0 aliphatic rings. The van der Waals surface area contributed by atoms with Crippen molar-refractivity contribution >= 4 is 38.9 Å². The first-order valence-corrected chi connectivity index (χ1v) is 10.9. The molecule has 8 heteroatoms. The van der Waals surface area contributed by atoms with Gasteiger partial charge in [-0.05, 0) is 55.0 Å². The number of nitrogens with one attached hydrogen (secondary N) is 2. The number of hydrogen-bond acceptors (Lipinski definition) is 4. The number of benzene rings is 3. The summed E-state index contributed by atoms with van der Waals surface area (Å²) < 4.78 is 32.6. The zero-order valence-corrected chi connectivity index (χ0v) is 18.0. The molecule has 3 rings (SSSR count). The molecule has 0 atom stereocenters. The molecule has 0 fully saturated rings. The third kappa shape index (κ3) is 5.38. The summed E-state index contributed by atoms with van der Waals surface area (Å²) in [5.41, 5.74) is 2.98. The van der Waals surface area contributed by atoms with E-state index in [0.29, 0.717) is 12.3 Å². The van der Waals surface area contributed by atoms with Crippen LogP contribution in [0.25, 0.3) is 0 Å². The highest BCUT2D eigenvalue weighted by Crippen LogP contribution is 2.24. The Kier molecular flexibility index (Phi) is 6.77. The average Bonchev–Trinajstić information content (AvgIpc) is 2.68. The lowest BCUT2D eigenvalue weighted by Crippen LogP contribution is -2.15. The maximum absolute atomic E-state index is 12.6. The van der Waals surface area contributed by atoms with Crippen LogP contribution in [0.1, 0.15) is 21.5 Å². The first-order chi connectivity index (χ1) is 14.3. The lowest BCUT2D eigenvalue weighted by molar-refractivity contribution is 0.102. The number of aryl methyl sites for hydroxylation is 1. The van der Waals surface area contributed by atoms with E-state index < -0.39 is 15.9 Å². The molecule has 3 aromatic carbocycles. The summed E-state index contributed by atoms with van der Waals surface area (Å²) in [4.78, 5) is 12.7. The zero-order valence-electron chi connectivity index (χ0n) is 16.5. The second-order valence-electron chi connectivity index (χ2n) is 6.70. The second-order valence-corrected chi connectivity index (χ2v) is 8.79. The molecule has 0 spiro atoms. The molecule has 6 nitrogen and oxygen atoms in total. The van der Waals surface area contributed by atoms with Crippen molar-refractivity contribution in [2.45, 2.75) is 18.4 Å². The van der Waals surface area contributed by atoms with Crippen LogP contribution in [-0.2, 0) is 21.4 Å². The molecule has 0 aliphatic heterocycles. The molecule has 0 saturated carbocycles. The summed E-state index contributed by atoms with van der Waals surface area (Å²) in [6, 6.07) is 18.1. The van der Waals surface area contributed by atoms with E-state index in [9.17, 15) is 13.2 Å². The van der Waals surface area contributed by atoms with Gasteiger partial charge in [0.2, 0.25) is 0 Å². The molecular formula is C22H21ClN2O4S. The number of sulfonamides is 1. The van der Waals surface area contributed by atoms with Crippen LogP contribution in [0.3, 0.4) is 0 Å². The number of rotatable bonds is 7. The van der Waals surface area contributed by atoms with E-state index in [1.54, 1.807) is 31.4 Å². The van der Waals surface area contributed by atoms with Gasteiger partial charge in [-0.1, -0.05) is 41.4 Å². The van der Waals surface area contributed by atoms with Gasteiger partial charge in [0, 0.05) is 12.8 Å². The quantitative estimate of drug-likeness (QED) is 0.545. The van der Waals surface area contributed by atoms with Gasteiger partial charge in [0.05, 0.1) is 27.8 Å². The molecule has 0 radical (unpaired) electrons. The van der Waals surface area contributed by atoms with Gasteiger partial charge < -0.3 is 10.1 Å². The molecule has 0 aliphatic carbocycles. The topological polar surface area (TPSA) is 84.5 Å². The van der Waals surface area contributed by atoms with E-state index in [-0.39, 0.29) is 21.2 Å². The third-order valence-corrected chi connectivity index (χ3v) is 6.00. The minimum atomic E-state index is -3.76. The molecule has 3 aromatic rings. The Morgan fingerprint density at radius 3 is 2.40 bits per heavy atom. The van der Waals surface area contributed by atoms with Gasteiger partial charge >= 0.3 is 0 Å². The van der Waals surface area contributed by atoms with Gasteiger partial charge in [0.25, 0.3) is 15.9 Å². The average molecular weight is 445 g/mol. The number of amides is 1. The molecule has 2 N–H and O–H groups in total. The van der Waals surface area contributed by atoms with Crippen molar-refractivity contribution < 1.29 is 17.9 Å². The molecule has 1 amide bonds. The predicted octanol–water partition coefficient (Wildman–Crippen LogP) is 4.85. The second kappa shape index (κ2) is 9.30. The summed E-state index contributed by atoms with van der Waals surface area (Å²) in [5.74, 6) is -0.400.